The Balaban J connectivity index is 0.000000550. The summed E-state index contributed by atoms with van der Waals surface area (Å²) in [6.07, 6.45) is 3.52. The molecule has 1 aliphatic rings. The molecule has 19 heavy (non-hydrogen) atoms. The molecule has 0 atom stereocenters. The number of hydrogen-bond donors (Lipinski definition) is 0. The zero-order chi connectivity index (χ0) is 14.6. The van der Waals surface area contributed by atoms with Crippen molar-refractivity contribution in [3.8, 4) is 0 Å². The van der Waals surface area contributed by atoms with Crippen LogP contribution in [0.25, 0.3) is 6.08 Å². The van der Waals surface area contributed by atoms with Gasteiger partial charge >= 0.3 is 37.9 Å². The second-order valence-corrected chi connectivity index (χ2v) is 9.46. The zero-order valence-electron chi connectivity index (χ0n) is 12.3. The van der Waals surface area contributed by atoms with Crippen LogP contribution in [-0.4, -0.2) is 0 Å². The van der Waals surface area contributed by atoms with E-state index < -0.39 is 20.8 Å². The normalized spacial score (nSPS) is 13.0. The molecule has 0 amide bonds. The summed E-state index contributed by atoms with van der Waals surface area (Å²) in [4.78, 5) is 0. The molecule has 0 unspecified atom stereocenters. The predicted molar refractivity (Wildman–Crippen MR) is 83.7 cm³/mol. The van der Waals surface area contributed by atoms with Gasteiger partial charge in [0.25, 0.3) is 0 Å². The van der Waals surface area contributed by atoms with Gasteiger partial charge in [-0.3, -0.25) is 0 Å². The number of rotatable bonds is 2. The van der Waals surface area contributed by atoms with Gasteiger partial charge in [0.1, 0.15) is 0 Å². The molecule has 1 aromatic rings. The van der Waals surface area contributed by atoms with Crippen molar-refractivity contribution in [1.82, 2.24) is 0 Å². The van der Waals surface area contributed by atoms with E-state index in [0.717, 1.165) is 6.42 Å². The van der Waals surface area contributed by atoms with Crippen molar-refractivity contribution in [2.75, 3.05) is 0 Å². The minimum atomic E-state index is -0.826. The van der Waals surface area contributed by atoms with Gasteiger partial charge in [0, 0.05) is 0 Å². The number of benzene rings is 1. The van der Waals surface area contributed by atoms with Gasteiger partial charge in [-0.1, -0.05) is 51.5 Å². The number of halogens is 2. The van der Waals surface area contributed by atoms with Crippen LogP contribution in [0.4, 0.5) is 0 Å². The summed E-state index contributed by atoms with van der Waals surface area (Å²) < 4.78 is 0. The summed E-state index contributed by atoms with van der Waals surface area (Å²) in [7, 11) is 9.87. The molecule has 0 nitrogen and oxygen atoms in total. The Morgan fingerprint density at radius 1 is 1.05 bits per heavy atom. The molecular formula is C16H22Cl2Zr. The molecule has 1 aliphatic carbocycles. The molecule has 0 radical (unpaired) electrons. The van der Waals surface area contributed by atoms with E-state index in [1.165, 1.54) is 27.8 Å². The third-order valence-electron chi connectivity index (χ3n) is 3.47. The Hall–Kier alpha value is 0.423. The van der Waals surface area contributed by atoms with Gasteiger partial charge in [0.15, 0.2) is 0 Å². The molecule has 0 spiro atoms. The molecule has 0 bridgehead atoms. The molecule has 0 aromatic heterocycles. The van der Waals surface area contributed by atoms with Crippen molar-refractivity contribution >= 4 is 23.1 Å². The summed E-state index contributed by atoms with van der Waals surface area (Å²) in [6, 6.07) is 4.81. The zero-order valence-corrected chi connectivity index (χ0v) is 16.3. The SMILES string of the molecule is CC1=Cc2c(cc(C(C)C)cc2C(C)C)C1.[Cl][Zr][Cl]. The molecule has 0 saturated heterocycles. The Labute approximate surface area is 136 Å². The molecule has 0 aliphatic heterocycles. The van der Waals surface area contributed by atoms with Crippen LogP contribution in [0.5, 0.6) is 0 Å². The summed E-state index contributed by atoms with van der Waals surface area (Å²) in [6.45, 7) is 11.4. The molecular weight excluding hydrogens is 354 g/mol. The van der Waals surface area contributed by atoms with Crippen LogP contribution in [0.3, 0.4) is 0 Å². The van der Waals surface area contributed by atoms with Gasteiger partial charge in [0.2, 0.25) is 0 Å². The van der Waals surface area contributed by atoms with Crippen molar-refractivity contribution < 1.29 is 20.8 Å². The fourth-order valence-electron chi connectivity index (χ4n) is 2.49. The summed E-state index contributed by atoms with van der Waals surface area (Å²) >= 11 is -0.826. The summed E-state index contributed by atoms with van der Waals surface area (Å²) in [5.74, 6) is 1.25. The first-order valence-electron chi connectivity index (χ1n) is 6.70. The Bertz CT molecular complexity index is 462. The average molecular weight is 376 g/mol. The standard InChI is InChI=1S/C16H22.2ClH.Zr/c1-10(2)13-8-14-6-12(5)7-16(14)15(9-13)11(3)4;;;/h7-11H,6H2,1-5H3;2*1H;/q;;;+2/p-2. The number of hydrogen-bond acceptors (Lipinski definition) is 0. The van der Waals surface area contributed by atoms with Crippen LogP contribution in [0.1, 0.15) is 68.7 Å². The van der Waals surface area contributed by atoms with Crippen LogP contribution in [0, 0.1) is 0 Å². The minimum absolute atomic E-state index is 0.620. The van der Waals surface area contributed by atoms with E-state index >= 15 is 0 Å². The van der Waals surface area contributed by atoms with E-state index in [9.17, 15) is 0 Å². The average Bonchev–Trinajstić information content (AvgIpc) is 2.68. The molecule has 3 heteroatoms. The molecule has 2 rings (SSSR count). The monoisotopic (exact) mass is 374 g/mol. The third kappa shape index (κ3) is 4.73. The van der Waals surface area contributed by atoms with Gasteiger partial charge < -0.3 is 0 Å². The van der Waals surface area contributed by atoms with Crippen molar-refractivity contribution in [3.63, 3.8) is 0 Å². The first-order chi connectivity index (χ1) is 8.90. The van der Waals surface area contributed by atoms with E-state index in [-0.39, 0.29) is 0 Å². The van der Waals surface area contributed by atoms with Crippen molar-refractivity contribution in [2.24, 2.45) is 0 Å². The van der Waals surface area contributed by atoms with Crippen molar-refractivity contribution in [2.45, 2.75) is 52.9 Å². The number of fused-ring (bicyclic) bond motifs is 1. The Kier molecular flexibility index (Phi) is 7.37. The van der Waals surface area contributed by atoms with Crippen LogP contribution < -0.4 is 0 Å². The first-order valence-corrected chi connectivity index (χ1v) is 13.0. The van der Waals surface area contributed by atoms with E-state index in [1.807, 2.05) is 0 Å². The van der Waals surface area contributed by atoms with Gasteiger partial charge in [0.05, 0.1) is 0 Å². The Morgan fingerprint density at radius 3 is 2.11 bits per heavy atom. The van der Waals surface area contributed by atoms with Crippen LogP contribution in [-0.2, 0) is 27.3 Å². The van der Waals surface area contributed by atoms with Crippen molar-refractivity contribution in [3.05, 3.63) is 40.0 Å². The number of allylic oxidation sites excluding steroid dienone is 1. The summed E-state index contributed by atoms with van der Waals surface area (Å²) in [5, 5.41) is 0. The maximum absolute atomic E-state index is 4.93. The van der Waals surface area contributed by atoms with E-state index in [2.05, 4.69) is 52.8 Å². The first kappa shape index (κ1) is 17.5. The van der Waals surface area contributed by atoms with E-state index in [4.69, 9.17) is 17.0 Å². The molecule has 104 valence electrons. The van der Waals surface area contributed by atoms with E-state index in [0.29, 0.717) is 11.8 Å². The van der Waals surface area contributed by atoms with Gasteiger partial charge in [-0.05, 0) is 47.4 Å². The van der Waals surface area contributed by atoms with Crippen LogP contribution in [0.2, 0.25) is 0 Å². The predicted octanol–water partition coefficient (Wildman–Crippen LogP) is 6.27. The van der Waals surface area contributed by atoms with Gasteiger partial charge in [-0.15, -0.1) is 0 Å². The topological polar surface area (TPSA) is 0 Å². The maximum atomic E-state index is 4.93. The van der Waals surface area contributed by atoms with Crippen LogP contribution in [0.15, 0.2) is 17.7 Å². The summed E-state index contributed by atoms with van der Waals surface area (Å²) in [5.41, 5.74) is 7.55. The molecule has 0 saturated carbocycles. The van der Waals surface area contributed by atoms with Crippen molar-refractivity contribution in [1.29, 1.82) is 0 Å². The molecule has 0 N–H and O–H groups in total. The van der Waals surface area contributed by atoms with Gasteiger partial charge in [-0.2, -0.15) is 0 Å². The fourth-order valence-corrected chi connectivity index (χ4v) is 2.49. The quantitative estimate of drug-likeness (QED) is 0.571. The molecule has 0 heterocycles. The Morgan fingerprint density at radius 2 is 1.63 bits per heavy atom. The second-order valence-electron chi connectivity index (χ2n) is 5.73. The molecule has 0 fully saturated rings. The molecule has 1 aromatic carbocycles. The van der Waals surface area contributed by atoms with E-state index in [1.54, 1.807) is 0 Å². The van der Waals surface area contributed by atoms with Crippen LogP contribution >= 0.6 is 17.0 Å². The van der Waals surface area contributed by atoms with Gasteiger partial charge in [-0.25, -0.2) is 0 Å². The fraction of sp³-hybridized carbons (Fsp3) is 0.500. The second kappa shape index (κ2) is 8.01. The third-order valence-corrected chi connectivity index (χ3v) is 3.47.